The van der Waals surface area contributed by atoms with Gasteiger partial charge in [0.05, 0.1) is 12.1 Å². The second kappa shape index (κ2) is 6.35. The highest BCUT2D eigenvalue weighted by Crippen LogP contribution is 2.43. The maximum Gasteiger partial charge on any atom is 0.264 e. The van der Waals surface area contributed by atoms with Crippen LogP contribution in [0.5, 0.6) is 0 Å². The van der Waals surface area contributed by atoms with Crippen molar-refractivity contribution in [3.63, 3.8) is 0 Å². The number of hydrogen-bond donors (Lipinski definition) is 2. The molecule has 3 aromatic rings. The van der Waals surface area contributed by atoms with Gasteiger partial charge in [0, 0.05) is 34.8 Å². The van der Waals surface area contributed by atoms with E-state index >= 15 is 0 Å². The van der Waals surface area contributed by atoms with E-state index in [0.717, 1.165) is 22.9 Å². The average Bonchev–Trinajstić information content (AvgIpc) is 3.17. The molecule has 1 aliphatic rings. The average molecular weight is 362 g/mol. The van der Waals surface area contributed by atoms with Gasteiger partial charge in [0.25, 0.3) is 5.91 Å². The highest BCUT2D eigenvalue weighted by Gasteiger charge is 2.50. The Hall–Kier alpha value is -2.92. The predicted molar refractivity (Wildman–Crippen MR) is 105 cm³/mol. The van der Waals surface area contributed by atoms with E-state index in [9.17, 15) is 14.7 Å². The van der Waals surface area contributed by atoms with Gasteiger partial charge in [0.1, 0.15) is 0 Å². The number of aryl methyl sites for hydroxylation is 1. The zero-order valence-electron chi connectivity index (χ0n) is 15.5. The molecule has 0 saturated carbocycles. The number of nitrogens with zero attached hydrogens (tertiary/aromatic N) is 1. The van der Waals surface area contributed by atoms with Crippen LogP contribution in [0.15, 0.2) is 48.7 Å². The fourth-order valence-electron chi connectivity index (χ4n) is 3.91. The summed E-state index contributed by atoms with van der Waals surface area (Å²) in [4.78, 5) is 30.8. The highest BCUT2D eigenvalue weighted by molar-refractivity contribution is 6.13. The first kappa shape index (κ1) is 17.5. The number of carbonyl (C=O) groups excluding carboxylic acids is 2. The minimum Gasteiger partial charge on any atom is -0.375 e. The number of aromatic nitrogens is 1. The van der Waals surface area contributed by atoms with E-state index in [0.29, 0.717) is 23.4 Å². The van der Waals surface area contributed by atoms with E-state index in [1.807, 2.05) is 56.3 Å². The Labute approximate surface area is 157 Å². The molecule has 1 unspecified atom stereocenters. The number of aliphatic hydroxyl groups is 1. The molecule has 0 saturated heterocycles. The predicted octanol–water partition coefficient (Wildman–Crippen LogP) is 3.69. The molecule has 4 rings (SSSR count). The molecule has 27 heavy (non-hydrogen) atoms. The summed E-state index contributed by atoms with van der Waals surface area (Å²) < 4.78 is 0. The molecular formula is C22H22N2O3. The number of rotatable bonds is 5. The summed E-state index contributed by atoms with van der Waals surface area (Å²) in [6.45, 7) is 4.41. The molecule has 1 aromatic heterocycles. The number of hydrogen-bond acceptors (Lipinski definition) is 3. The van der Waals surface area contributed by atoms with Crippen molar-refractivity contribution in [1.82, 2.24) is 4.98 Å². The van der Waals surface area contributed by atoms with Gasteiger partial charge in [-0.15, -0.1) is 0 Å². The van der Waals surface area contributed by atoms with Crippen molar-refractivity contribution < 1.29 is 14.7 Å². The van der Waals surface area contributed by atoms with Crippen molar-refractivity contribution in [2.45, 2.75) is 32.3 Å². The number of amides is 1. The first-order valence-electron chi connectivity index (χ1n) is 9.20. The summed E-state index contributed by atoms with van der Waals surface area (Å²) in [6, 6.07) is 13.1. The molecule has 0 spiro atoms. The zero-order valence-corrected chi connectivity index (χ0v) is 15.5. The Bertz CT molecular complexity index is 1050. The Balaban J connectivity index is 1.75. The van der Waals surface area contributed by atoms with Crippen LogP contribution < -0.4 is 4.90 Å². The van der Waals surface area contributed by atoms with Crippen molar-refractivity contribution >= 4 is 28.3 Å². The number of H-pyrrole nitrogens is 1. The lowest BCUT2D eigenvalue weighted by Gasteiger charge is -2.22. The van der Waals surface area contributed by atoms with Crippen molar-refractivity contribution in [3.05, 3.63) is 65.4 Å². The molecule has 2 N–H and O–H groups in total. The van der Waals surface area contributed by atoms with Crippen LogP contribution in [0.2, 0.25) is 0 Å². The minimum atomic E-state index is -1.83. The summed E-state index contributed by atoms with van der Waals surface area (Å²) in [7, 11) is 0. The molecular weight excluding hydrogens is 340 g/mol. The van der Waals surface area contributed by atoms with Crippen LogP contribution in [0.3, 0.4) is 0 Å². The smallest absolute Gasteiger partial charge is 0.264 e. The molecule has 1 aliphatic heterocycles. The fraction of sp³-hybridized carbons (Fsp3) is 0.273. The molecule has 1 amide bonds. The lowest BCUT2D eigenvalue weighted by molar-refractivity contribution is -0.135. The van der Waals surface area contributed by atoms with Gasteiger partial charge >= 0.3 is 0 Å². The van der Waals surface area contributed by atoms with Gasteiger partial charge in [0.15, 0.2) is 11.4 Å². The van der Waals surface area contributed by atoms with E-state index in [2.05, 4.69) is 4.98 Å². The van der Waals surface area contributed by atoms with Gasteiger partial charge in [-0.2, -0.15) is 0 Å². The van der Waals surface area contributed by atoms with Crippen molar-refractivity contribution in [2.24, 2.45) is 0 Å². The molecule has 1 atom stereocenters. The maximum absolute atomic E-state index is 13.1. The van der Waals surface area contributed by atoms with E-state index in [4.69, 9.17) is 0 Å². The van der Waals surface area contributed by atoms with Crippen LogP contribution in [0.4, 0.5) is 5.69 Å². The molecule has 0 fully saturated rings. The van der Waals surface area contributed by atoms with Gasteiger partial charge in [-0.05, 0) is 25.5 Å². The number of carbonyl (C=O) groups is 2. The quantitative estimate of drug-likeness (QED) is 0.680. The molecule has 2 aromatic carbocycles. The lowest BCUT2D eigenvalue weighted by atomic mass is 9.87. The number of Topliss-reactive ketones (excluding diaryl/α,β-unsaturated/α-hetero) is 1. The monoisotopic (exact) mass is 362 g/mol. The van der Waals surface area contributed by atoms with E-state index in [-0.39, 0.29) is 12.2 Å². The normalized spacial score (nSPS) is 18.9. The van der Waals surface area contributed by atoms with Gasteiger partial charge in [-0.3, -0.25) is 9.59 Å². The van der Waals surface area contributed by atoms with Gasteiger partial charge in [-0.1, -0.05) is 42.8 Å². The minimum absolute atomic E-state index is 0.255. The molecule has 0 radical (unpaired) electrons. The zero-order chi connectivity index (χ0) is 19.2. The second-order valence-electron chi connectivity index (χ2n) is 7.19. The summed E-state index contributed by atoms with van der Waals surface area (Å²) in [5, 5.41) is 12.2. The maximum atomic E-state index is 13.1. The Morgan fingerprint density at radius 3 is 2.78 bits per heavy atom. The molecule has 2 heterocycles. The summed E-state index contributed by atoms with van der Waals surface area (Å²) >= 11 is 0. The second-order valence-corrected chi connectivity index (χ2v) is 7.19. The number of ketones is 1. The highest BCUT2D eigenvalue weighted by atomic mass is 16.3. The molecule has 5 nitrogen and oxygen atoms in total. The van der Waals surface area contributed by atoms with E-state index < -0.39 is 11.5 Å². The summed E-state index contributed by atoms with van der Waals surface area (Å²) in [6.07, 6.45) is 2.15. The van der Waals surface area contributed by atoms with Crippen LogP contribution in [-0.2, 0) is 10.4 Å². The van der Waals surface area contributed by atoms with Gasteiger partial charge in [0.2, 0.25) is 0 Å². The van der Waals surface area contributed by atoms with Crippen molar-refractivity contribution in [3.8, 4) is 0 Å². The van der Waals surface area contributed by atoms with Crippen molar-refractivity contribution in [2.75, 3.05) is 11.4 Å². The van der Waals surface area contributed by atoms with Crippen molar-refractivity contribution in [1.29, 1.82) is 0 Å². The topological polar surface area (TPSA) is 73.4 Å². The number of anilines is 1. The van der Waals surface area contributed by atoms with Crippen LogP contribution in [0.25, 0.3) is 10.9 Å². The SMILES string of the molecule is CCCN1C(=O)C(O)(CC(=O)c2c[nH]c3ccccc23)c2cc(C)ccc21. The number of para-hydroxylation sites is 1. The van der Waals surface area contributed by atoms with Gasteiger partial charge in [-0.25, -0.2) is 0 Å². The standard InChI is InChI=1S/C22H22N2O3/c1-3-10-24-19-9-8-14(2)11-17(19)22(27,21(24)26)12-20(25)16-13-23-18-7-5-4-6-15(16)18/h4-9,11,13,23,27H,3,10,12H2,1-2H3. The van der Waals surface area contributed by atoms with Crippen LogP contribution in [0.1, 0.15) is 41.3 Å². The number of aromatic amines is 1. The fourth-order valence-corrected chi connectivity index (χ4v) is 3.91. The number of fused-ring (bicyclic) bond motifs is 2. The van der Waals surface area contributed by atoms with Gasteiger partial charge < -0.3 is 15.0 Å². The third-order valence-electron chi connectivity index (χ3n) is 5.24. The molecule has 0 bridgehead atoms. The Kier molecular flexibility index (Phi) is 4.12. The number of nitrogens with one attached hydrogen (secondary N) is 1. The summed E-state index contributed by atoms with van der Waals surface area (Å²) in [5.74, 6) is -0.674. The first-order chi connectivity index (χ1) is 13.0. The summed E-state index contributed by atoms with van der Waals surface area (Å²) in [5.41, 5.74) is 1.68. The third-order valence-corrected chi connectivity index (χ3v) is 5.24. The van der Waals surface area contributed by atoms with E-state index in [1.54, 1.807) is 11.1 Å². The Morgan fingerprint density at radius 1 is 1.22 bits per heavy atom. The Morgan fingerprint density at radius 2 is 2.00 bits per heavy atom. The molecule has 0 aliphatic carbocycles. The van der Waals surface area contributed by atoms with Crippen LogP contribution in [-0.4, -0.2) is 28.3 Å². The lowest BCUT2D eigenvalue weighted by Crippen LogP contribution is -2.42. The third kappa shape index (κ3) is 2.66. The van der Waals surface area contributed by atoms with Crippen LogP contribution >= 0.6 is 0 Å². The van der Waals surface area contributed by atoms with Crippen LogP contribution in [0, 0.1) is 6.92 Å². The van der Waals surface area contributed by atoms with E-state index in [1.165, 1.54) is 0 Å². The number of benzene rings is 2. The molecule has 138 valence electrons. The molecule has 5 heteroatoms. The first-order valence-corrected chi connectivity index (χ1v) is 9.20. The largest absolute Gasteiger partial charge is 0.375 e.